The van der Waals surface area contributed by atoms with Gasteiger partial charge in [-0.15, -0.1) is 0 Å². The molecule has 3 unspecified atom stereocenters. The second-order valence-electron chi connectivity index (χ2n) is 4.73. The van der Waals surface area contributed by atoms with Gasteiger partial charge in [-0.2, -0.15) is 0 Å². The van der Waals surface area contributed by atoms with Crippen LogP contribution in [0.5, 0.6) is 0 Å². The van der Waals surface area contributed by atoms with E-state index in [9.17, 15) is 0 Å². The third-order valence-corrected chi connectivity index (χ3v) is 3.60. The van der Waals surface area contributed by atoms with Gasteiger partial charge in [-0.3, -0.25) is 0 Å². The number of nitrogens with zero attached hydrogens (tertiary/aromatic N) is 3. The first-order valence-corrected chi connectivity index (χ1v) is 5.89. The third kappa shape index (κ3) is 1.58. The minimum Gasteiger partial charge on any atom is -0.383 e. The zero-order valence-corrected chi connectivity index (χ0v) is 10.00. The molecule has 1 aliphatic heterocycles. The van der Waals surface area contributed by atoms with Crippen molar-refractivity contribution in [2.75, 3.05) is 5.73 Å². The zero-order valence-electron chi connectivity index (χ0n) is 10.00. The second-order valence-corrected chi connectivity index (χ2v) is 4.73. The van der Waals surface area contributed by atoms with E-state index in [1.54, 1.807) is 0 Å². The van der Waals surface area contributed by atoms with Crippen LogP contribution in [0.1, 0.15) is 26.5 Å². The molecule has 0 spiro atoms. The Balaban J connectivity index is 2.04. The SMILES string of the molecule is CC1CC(n2ccc3c(N)ncnc32)OC1C. The molecule has 0 bridgehead atoms. The van der Waals surface area contributed by atoms with Crippen LogP contribution in [0.15, 0.2) is 18.6 Å². The van der Waals surface area contributed by atoms with Crippen molar-refractivity contribution in [1.82, 2.24) is 14.5 Å². The summed E-state index contributed by atoms with van der Waals surface area (Å²) in [5.41, 5.74) is 6.67. The number of nitrogen functional groups attached to an aromatic ring is 1. The van der Waals surface area contributed by atoms with Crippen LogP contribution < -0.4 is 5.73 Å². The van der Waals surface area contributed by atoms with Gasteiger partial charge in [0, 0.05) is 6.20 Å². The molecule has 1 fully saturated rings. The summed E-state index contributed by atoms with van der Waals surface area (Å²) in [6.45, 7) is 4.32. The van der Waals surface area contributed by atoms with Gasteiger partial charge in [0.05, 0.1) is 11.5 Å². The van der Waals surface area contributed by atoms with Crippen molar-refractivity contribution in [3.63, 3.8) is 0 Å². The lowest BCUT2D eigenvalue weighted by Gasteiger charge is -2.13. The first-order valence-electron chi connectivity index (χ1n) is 5.89. The third-order valence-electron chi connectivity index (χ3n) is 3.60. The van der Waals surface area contributed by atoms with Crippen molar-refractivity contribution in [3.05, 3.63) is 18.6 Å². The summed E-state index contributed by atoms with van der Waals surface area (Å²) >= 11 is 0. The van der Waals surface area contributed by atoms with Crippen molar-refractivity contribution in [2.24, 2.45) is 5.92 Å². The summed E-state index contributed by atoms with van der Waals surface area (Å²) in [5.74, 6) is 1.09. The van der Waals surface area contributed by atoms with Crippen molar-refractivity contribution in [2.45, 2.75) is 32.6 Å². The van der Waals surface area contributed by atoms with E-state index in [1.165, 1.54) is 6.33 Å². The molecular formula is C12H16N4O. The fourth-order valence-corrected chi connectivity index (χ4v) is 2.35. The molecule has 0 amide bonds. The monoisotopic (exact) mass is 232 g/mol. The summed E-state index contributed by atoms with van der Waals surface area (Å²) in [5, 5.41) is 0.892. The smallest absolute Gasteiger partial charge is 0.147 e. The fourth-order valence-electron chi connectivity index (χ4n) is 2.35. The summed E-state index contributed by atoms with van der Waals surface area (Å²) in [4.78, 5) is 8.28. The predicted octanol–water partition coefficient (Wildman–Crippen LogP) is 1.96. The molecule has 0 aromatic carbocycles. The van der Waals surface area contributed by atoms with E-state index < -0.39 is 0 Å². The first kappa shape index (κ1) is 10.5. The summed E-state index contributed by atoms with van der Waals surface area (Å²) in [6.07, 6.45) is 4.83. The van der Waals surface area contributed by atoms with Gasteiger partial charge in [0.2, 0.25) is 0 Å². The molecule has 1 aliphatic rings. The molecule has 0 aliphatic carbocycles. The van der Waals surface area contributed by atoms with Crippen LogP contribution >= 0.6 is 0 Å². The summed E-state index contributed by atoms with van der Waals surface area (Å²) < 4.78 is 7.98. The molecule has 5 heteroatoms. The molecule has 5 nitrogen and oxygen atoms in total. The van der Waals surface area contributed by atoms with E-state index in [1.807, 2.05) is 16.8 Å². The lowest BCUT2D eigenvalue weighted by Crippen LogP contribution is -2.09. The van der Waals surface area contributed by atoms with Crippen LogP contribution in [0.2, 0.25) is 0 Å². The van der Waals surface area contributed by atoms with Crippen LogP contribution in [-0.2, 0) is 4.74 Å². The van der Waals surface area contributed by atoms with E-state index in [4.69, 9.17) is 10.5 Å². The number of fused-ring (bicyclic) bond motifs is 1. The van der Waals surface area contributed by atoms with Gasteiger partial charge in [0.15, 0.2) is 0 Å². The average molecular weight is 232 g/mol. The highest BCUT2D eigenvalue weighted by atomic mass is 16.5. The van der Waals surface area contributed by atoms with Gasteiger partial charge in [0.25, 0.3) is 0 Å². The van der Waals surface area contributed by atoms with Gasteiger partial charge in [0.1, 0.15) is 24.0 Å². The molecule has 3 heterocycles. The Morgan fingerprint density at radius 2 is 2.24 bits per heavy atom. The van der Waals surface area contributed by atoms with Crippen LogP contribution in [0, 0.1) is 5.92 Å². The Kier molecular flexibility index (Phi) is 2.29. The van der Waals surface area contributed by atoms with Crippen molar-refractivity contribution in [1.29, 1.82) is 0 Å². The maximum absolute atomic E-state index is 5.93. The summed E-state index contributed by atoms with van der Waals surface area (Å²) in [6, 6.07) is 1.95. The number of aromatic nitrogens is 3. The van der Waals surface area contributed by atoms with E-state index in [-0.39, 0.29) is 12.3 Å². The van der Waals surface area contributed by atoms with Gasteiger partial charge in [-0.25, -0.2) is 9.97 Å². The molecule has 90 valence electrons. The molecule has 1 saturated heterocycles. The van der Waals surface area contributed by atoms with Gasteiger partial charge >= 0.3 is 0 Å². The van der Waals surface area contributed by atoms with E-state index >= 15 is 0 Å². The van der Waals surface area contributed by atoms with E-state index in [2.05, 4.69) is 23.8 Å². The minimum absolute atomic E-state index is 0.0619. The fraction of sp³-hybridized carbons (Fsp3) is 0.500. The second kappa shape index (κ2) is 3.70. The number of rotatable bonds is 1. The van der Waals surface area contributed by atoms with Crippen molar-refractivity contribution < 1.29 is 4.74 Å². The van der Waals surface area contributed by atoms with Gasteiger partial charge in [-0.1, -0.05) is 6.92 Å². The van der Waals surface area contributed by atoms with Gasteiger partial charge < -0.3 is 15.0 Å². The van der Waals surface area contributed by atoms with Crippen LogP contribution in [0.4, 0.5) is 5.82 Å². The molecule has 3 rings (SSSR count). The highest BCUT2D eigenvalue weighted by molar-refractivity contribution is 5.86. The molecule has 2 N–H and O–H groups in total. The molecule has 3 atom stereocenters. The topological polar surface area (TPSA) is 66.0 Å². The Morgan fingerprint density at radius 3 is 2.94 bits per heavy atom. The van der Waals surface area contributed by atoms with Crippen molar-refractivity contribution in [3.8, 4) is 0 Å². The number of hydrogen-bond acceptors (Lipinski definition) is 4. The molecular weight excluding hydrogens is 216 g/mol. The largest absolute Gasteiger partial charge is 0.383 e. The Hall–Kier alpha value is -1.62. The van der Waals surface area contributed by atoms with E-state index in [0.717, 1.165) is 17.5 Å². The maximum Gasteiger partial charge on any atom is 0.147 e. The molecule has 17 heavy (non-hydrogen) atoms. The van der Waals surface area contributed by atoms with Gasteiger partial charge in [-0.05, 0) is 25.3 Å². The molecule has 0 radical (unpaired) electrons. The quantitative estimate of drug-likeness (QED) is 0.816. The molecule has 2 aromatic heterocycles. The Bertz CT molecular complexity index is 540. The lowest BCUT2D eigenvalue weighted by atomic mass is 10.1. The average Bonchev–Trinajstić information content (AvgIpc) is 2.85. The molecule has 2 aromatic rings. The van der Waals surface area contributed by atoms with Crippen LogP contribution in [0.3, 0.4) is 0 Å². The van der Waals surface area contributed by atoms with Crippen LogP contribution in [-0.4, -0.2) is 20.6 Å². The Morgan fingerprint density at radius 1 is 1.41 bits per heavy atom. The number of hydrogen-bond donors (Lipinski definition) is 1. The maximum atomic E-state index is 5.93. The van der Waals surface area contributed by atoms with Crippen molar-refractivity contribution >= 4 is 16.9 Å². The Labute approximate surface area is 99.6 Å². The minimum atomic E-state index is 0.0619. The number of anilines is 1. The standard InChI is InChI=1S/C12H16N4O/c1-7-5-10(17-8(7)2)16-4-3-9-11(13)14-6-15-12(9)16/h3-4,6-8,10H,5H2,1-2H3,(H2,13,14,15). The van der Waals surface area contributed by atoms with E-state index in [0.29, 0.717) is 11.7 Å². The highest BCUT2D eigenvalue weighted by Crippen LogP contribution is 2.35. The first-order chi connectivity index (χ1) is 8.16. The lowest BCUT2D eigenvalue weighted by molar-refractivity contribution is 0.00828. The zero-order chi connectivity index (χ0) is 12.0. The normalized spacial score (nSPS) is 28.9. The number of nitrogens with two attached hydrogens (primary N) is 1. The predicted molar refractivity (Wildman–Crippen MR) is 65.3 cm³/mol. The number of ether oxygens (including phenoxy) is 1. The molecule has 0 saturated carbocycles. The highest BCUT2D eigenvalue weighted by Gasteiger charge is 2.30. The van der Waals surface area contributed by atoms with Crippen LogP contribution in [0.25, 0.3) is 11.0 Å². The summed E-state index contributed by atoms with van der Waals surface area (Å²) in [7, 11) is 0.